The van der Waals surface area contributed by atoms with Crippen LogP contribution in [0.3, 0.4) is 0 Å². The van der Waals surface area contributed by atoms with Gasteiger partial charge in [0.15, 0.2) is 0 Å². The predicted molar refractivity (Wildman–Crippen MR) is 92.6 cm³/mol. The minimum absolute atomic E-state index is 0.108. The highest BCUT2D eigenvalue weighted by Crippen LogP contribution is 2.13. The molecule has 0 spiro atoms. The fourth-order valence-electron chi connectivity index (χ4n) is 3.05. The van der Waals surface area contributed by atoms with E-state index in [0.29, 0.717) is 0 Å². The molecule has 0 atom stereocenters. The fraction of sp³-hybridized carbons (Fsp3) is 0.889. The minimum atomic E-state index is -0.756. The van der Waals surface area contributed by atoms with E-state index in [9.17, 15) is 4.79 Å². The van der Waals surface area contributed by atoms with Crippen molar-refractivity contribution in [1.82, 2.24) is 4.90 Å². The van der Waals surface area contributed by atoms with Gasteiger partial charge in [-0.3, -0.25) is 9.79 Å². The summed E-state index contributed by atoms with van der Waals surface area (Å²) in [6, 6.07) is 0. The van der Waals surface area contributed by atoms with Crippen LogP contribution in [0, 0.1) is 0 Å². The van der Waals surface area contributed by atoms with Gasteiger partial charge in [0.1, 0.15) is 6.54 Å². The summed E-state index contributed by atoms with van der Waals surface area (Å²) in [5, 5.41) is 8.86. The monoisotopic (exact) mass is 310 g/mol. The van der Waals surface area contributed by atoms with E-state index in [-0.39, 0.29) is 6.54 Å². The Morgan fingerprint density at radius 1 is 1.00 bits per heavy atom. The van der Waals surface area contributed by atoms with Crippen molar-refractivity contribution in [2.24, 2.45) is 4.99 Å². The van der Waals surface area contributed by atoms with Crippen LogP contribution >= 0.6 is 0 Å². The highest BCUT2D eigenvalue weighted by Gasteiger charge is 2.18. The van der Waals surface area contributed by atoms with Gasteiger partial charge < -0.3 is 10.0 Å². The number of nitrogens with zero attached hydrogens (tertiary/aromatic N) is 2. The van der Waals surface area contributed by atoms with Gasteiger partial charge in [0.05, 0.1) is 12.4 Å². The lowest BCUT2D eigenvalue weighted by molar-refractivity contribution is -0.137. The van der Waals surface area contributed by atoms with E-state index in [4.69, 9.17) is 5.11 Å². The van der Waals surface area contributed by atoms with E-state index in [1.807, 2.05) is 4.90 Å². The summed E-state index contributed by atoms with van der Waals surface area (Å²) in [4.78, 5) is 17.1. The molecule has 1 rings (SSSR count). The van der Waals surface area contributed by atoms with Gasteiger partial charge in [-0.15, -0.1) is 0 Å². The van der Waals surface area contributed by atoms with Crippen molar-refractivity contribution in [2.75, 3.05) is 19.6 Å². The molecule has 0 aromatic heterocycles. The van der Waals surface area contributed by atoms with Gasteiger partial charge in [-0.05, 0) is 6.42 Å². The number of hydrogen-bond donors (Lipinski definition) is 1. The molecule has 0 fully saturated rings. The van der Waals surface area contributed by atoms with Crippen molar-refractivity contribution in [3.05, 3.63) is 0 Å². The van der Waals surface area contributed by atoms with E-state index >= 15 is 0 Å². The lowest BCUT2D eigenvalue weighted by atomic mass is 10.1. The topological polar surface area (TPSA) is 52.9 Å². The van der Waals surface area contributed by atoms with Gasteiger partial charge in [-0.1, -0.05) is 71.1 Å². The summed E-state index contributed by atoms with van der Waals surface area (Å²) in [5.41, 5.74) is 0. The molecule has 0 aliphatic carbocycles. The van der Waals surface area contributed by atoms with E-state index in [1.165, 1.54) is 64.2 Å². The summed E-state index contributed by atoms with van der Waals surface area (Å²) in [6.07, 6.45) is 15.7. The van der Waals surface area contributed by atoms with Crippen LogP contribution in [0.1, 0.15) is 84.0 Å². The molecule has 1 N–H and O–H groups in total. The van der Waals surface area contributed by atoms with Crippen molar-refractivity contribution < 1.29 is 9.90 Å². The second-order valence-electron chi connectivity index (χ2n) is 6.40. The Kier molecular flexibility index (Phi) is 10.8. The first-order valence-electron chi connectivity index (χ1n) is 9.24. The highest BCUT2D eigenvalue weighted by atomic mass is 16.4. The molecule has 0 saturated carbocycles. The maximum atomic E-state index is 10.8. The molecule has 128 valence electrons. The van der Waals surface area contributed by atoms with Crippen LogP contribution in [0.25, 0.3) is 0 Å². The first-order chi connectivity index (χ1) is 10.7. The first kappa shape index (κ1) is 19.0. The van der Waals surface area contributed by atoms with Crippen molar-refractivity contribution in [3.8, 4) is 0 Å². The number of amidine groups is 1. The summed E-state index contributed by atoms with van der Waals surface area (Å²) < 4.78 is 0. The number of aliphatic carboxylic acids is 1. The van der Waals surface area contributed by atoms with Gasteiger partial charge in [0, 0.05) is 13.0 Å². The number of carbonyl (C=O) groups is 1. The van der Waals surface area contributed by atoms with Crippen molar-refractivity contribution in [2.45, 2.75) is 84.0 Å². The van der Waals surface area contributed by atoms with Gasteiger partial charge >= 0.3 is 5.97 Å². The average Bonchev–Trinajstić information content (AvgIpc) is 2.91. The standard InChI is InChI=1S/C18H34N2O2/c1-2-3-4-5-6-7-8-9-10-11-12-13-17-19-14-15-20(17)16-18(21)22/h2-16H2,1H3,(H,21,22). The number of hydrogen-bond acceptors (Lipinski definition) is 3. The zero-order chi connectivity index (χ0) is 16.0. The molecule has 4 heteroatoms. The van der Waals surface area contributed by atoms with Crippen LogP contribution < -0.4 is 0 Å². The maximum Gasteiger partial charge on any atom is 0.323 e. The van der Waals surface area contributed by atoms with Crippen molar-refractivity contribution in [3.63, 3.8) is 0 Å². The number of rotatable bonds is 14. The Morgan fingerprint density at radius 3 is 2.09 bits per heavy atom. The third-order valence-corrected chi connectivity index (χ3v) is 4.36. The van der Waals surface area contributed by atoms with Gasteiger partial charge in [0.25, 0.3) is 0 Å². The molecule has 1 aliphatic rings. The molecule has 4 nitrogen and oxygen atoms in total. The second-order valence-corrected chi connectivity index (χ2v) is 6.40. The number of carboxylic acid groups (broad SMARTS) is 1. The largest absolute Gasteiger partial charge is 0.480 e. The molecule has 0 bridgehead atoms. The van der Waals surface area contributed by atoms with Crippen LogP contribution in [-0.2, 0) is 4.79 Å². The molecule has 0 radical (unpaired) electrons. The normalized spacial score (nSPS) is 14.4. The molecule has 0 aromatic carbocycles. The van der Waals surface area contributed by atoms with Crippen LogP contribution in [0.2, 0.25) is 0 Å². The minimum Gasteiger partial charge on any atom is -0.480 e. The van der Waals surface area contributed by atoms with E-state index in [0.717, 1.165) is 31.8 Å². The van der Waals surface area contributed by atoms with E-state index in [1.54, 1.807) is 0 Å². The molecule has 22 heavy (non-hydrogen) atoms. The third kappa shape index (κ3) is 9.06. The van der Waals surface area contributed by atoms with Crippen LogP contribution in [0.5, 0.6) is 0 Å². The quantitative estimate of drug-likeness (QED) is 0.481. The smallest absolute Gasteiger partial charge is 0.323 e. The predicted octanol–water partition coefficient (Wildman–Crippen LogP) is 4.49. The van der Waals surface area contributed by atoms with E-state index < -0.39 is 5.97 Å². The lowest BCUT2D eigenvalue weighted by Gasteiger charge is -2.17. The Hall–Kier alpha value is -1.06. The molecule has 0 aromatic rings. The fourth-order valence-corrected chi connectivity index (χ4v) is 3.05. The molecule has 0 unspecified atom stereocenters. The molecule has 0 amide bonds. The number of aliphatic imine (C=N–C) groups is 1. The van der Waals surface area contributed by atoms with Crippen LogP contribution in [-0.4, -0.2) is 41.4 Å². The Labute approximate surface area is 136 Å². The maximum absolute atomic E-state index is 10.8. The van der Waals surface area contributed by atoms with Gasteiger partial charge in [0.2, 0.25) is 0 Å². The summed E-state index contributed by atoms with van der Waals surface area (Å²) in [5.74, 6) is 0.256. The molecular formula is C18H34N2O2. The highest BCUT2D eigenvalue weighted by molar-refractivity contribution is 5.86. The zero-order valence-corrected chi connectivity index (χ0v) is 14.4. The van der Waals surface area contributed by atoms with Crippen molar-refractivity contribution >= 4 is 11.8 Å². The Balaban J connectivity index is 1.90. The summed E-state index contributed by atoms with van der Waals surface area (Å²) in [7, 11) is 0. The summed E-state index contributed by atoms with van der Waals surface area (Å²) in [6.45, 7) is 3.91. The van der Waals surface area contributed by atoms with Crippen LogP contribution in [0.15, 0.2) is 4.99 Å². The lowest BCUT2D eigenvalue weighted by Crippen LogP contribution is -2.32. The average molecular weight is 310 g/mol. The first-order valence-corrected chi connectivity index (χ1v) is 9.24. The number of unbranched alkanes of at least 4 members (excludes halogenated alkanes) is 10. The second kappa shape index (κ2) is 12.5. The molecule has 1 aliphatic heterocycles. The number of carboxylic acids is 1. The molecular weight excluding hydrogens is 276 g/mol. The SMILES string of the molecule is CCCCCCCCCCCCCC1=NCCN1CC(=O)O. The van der Waals surface area contributed by atoms with Gasteiger partial charge in [-0.25, -0.2) is 0 Å². The zero-order valence-electron chi connectivity index (χ0n) is 14.4. The Bertz CT molecular complexity index is 329. The van der Waals surface area contributed by atoms with Crippen molar-refractivity contribution in [1.29, 1.82) is 0 Å². The Morgan fingerprint density at radius 2 is 1.55 bits per heavy atom. The summed E-state index contributed by atoms with van der Waals surface area (Å²) >= 11 is 0. The molecule has 1 heterocycles. The van der Waals surface area contributed by atoms with E-state index in [2.05, 4.69) is 11.9 Å². The molecule has 0 saturated heterocycles. The van der Waals surface area contributed by atoms with Crippen LogP contribution in [0.4, 0.5) is 0 Å². The third-order valence-electron chi connectivity index (χ3n) is 4.36. The van der Waals surface area contributed by atoms with Gasteiger partial charge in [-0.2, -0.15) is 0 Å².